The second-order valence-corrected chi connectivity index (χ2v) is 7.23. The minimum atomic E-state index is -0.130. The number of ether oxygens (including phenoxy) is 1. The van der Waals surface area contributed by atoms with Crippen molar-refractivity contribution in [1.82, 2.24) is 19.4 Å². The molecule has 0 radical (unpaired) electrons. The number of benzene rings is 1. The third-order valence-electron chi connectivity index (χ3n) is 5.29. The zero-order valence-electron chi connectivity index (χ0n) is 16.4. The third kappa shape index (κ3) is 4.26. The fourth-order valence-corrected chi connectivity index (χ4v) is 3.74. The van der Waals surface area contributed by atoms with E-state index >= 15 is 0 Å². The van der Waals surface area contributed by atoms with Crippen LogP contribution in [0, 0.1) is 5.92 Å². The predicted octanol–water partition coefficient (Wildman–Crippen LogP) is 3.07. The number of aromatic nitrogens is 3. The van der Waals surface area contributed by atoms with Gasteiger partial charge in [0.05, 0.1) is 12.1 Å². The van der Waals surface area contributed by atoms with Crippen LogP contribution in [0.2, 0.25) is 0 Å². The molecule has 2 N–H and O–H groups in total. The highest BCUT2D eigenvalue weighted by molar-refractivity contribution is 5.89. The summed E-state index contributed by atoms with van der Waals surface area (Å²) in [5.74, 6) is 1.12. The van der Waals surface area contributed by atoms with Gasteiger partial charge in [0.1, 0.15) is 5.75 Å². The Kier molecular flexibility index (Phi) is 5.50. The number of fused-ring (bicyclic) bond motifs is 1. The third-order valence-corrected chi connectivity index (χ3v) is 5.29. The number of piperidine rings is 1. The molecule has 0 aliphatic carbocycles. The molecule has 1 aliphatic rings. The number of hydrogen-bond acceptors (Lipinski definition) is 4. The number of imidazole rings is 1. The number of rotatable bonds is 5. The Bertz CT molecular complexity index is 1030. The van der Waals surface area contributed by atoms with Crippen molar-refractivity contribution in [1.29, 1.82) is 0 Å². The van der Waals surface area contributed by atoms with Crippen LogP contribution >= 0.6 is 0 Å². The standard InChI is InChI=1S/C21H25N5O3/c1-2-29-17-7-5-16(6-8-17)23-20(27)25-12-9-15(10-13-25)14-26-19-18(24-21(26)28)4-3-11-22-19/h3-8,11,15H,2,9-10,12-14H2,1H3,(H,23,27)(H,24,28). The number of nitrogens with one attached hydrogen (secondary N) is 2. The molecule has 0 unspecified atom stereocenters. The van der Waals surface area contributed by atoms with Gasteiger partial charge in [0.25, 0.3) is 0 Å². The van der Waals surface area contributed by atoms with Crippen LogP contribution < -0.4 is 15.7 Å². The highest BCUT2D eigenvalue weighted by Gasteiger charge is 2.24. The number of urea groups is 1. The maximum Gasteiger partial charge on any atom is 0.327 e. The molecule has 2 aromatic heterocycles. The van der Waals surface area contributed by atoms with Gasteiger partial charge in [-0.05, 0) is 62.1 Å². The SMILES string of the molecule is CCOc1ccc(NC(=O)N2CCC(Cn3c(=O)[nH]c4cccnc43)CC2)cc1. The summed E-state index contributed by atoms with van der Waals surface area (Å²) in [7, 11) is 0. The summed E-state index contributed by atoms with van der Waals surface area (Å²) in [5.41, 5.74) is 2.06. The Labute approximate surface area is 168 Å². The number of pyridine rings is 1. The summed E-state index contributed by atoms with van der Waals surface area (Å²) in [6, 6.07) is 10.9. The zero-order chi connectivity index (χ0) is 20.2. The largest absolute Gasteiger partial charge is 0.494 e. The molecule has 1 saturated heterocycles. The number of nitrogens with zero attached hydrogens (tertiary/aromatic N) is 3. The lowest BCUT2D eigenvalue weighted by Gasteiger charge is -2.32. The first-order valence-corrected chi connectivity index (χ1v) is 9.96. The number of anilines is 1. The number of aromatic amines is 1. The predicted molar refractivity (Wildman–Crippen MR) is 111 cm³/mol. The molecular weight excluding hydrogens is 370 g/mol. The lowest BCUT2D eigenvalue weighted by molar-refractivity contribution is 0.177. The molecule has 0 atom stereocenters. The second kappa shape index (κ2) is 8.38. The van der Waals surface area contributed by atoms with E-state index in [0.29, 0.717) is 37.8 Å². The van der Waals surface area contributed by atoms with Crippen LogP contribution in [0.25, 0.3) is 11.2 Å². The van der Waals surface area contributed by atoms with E-state index in [1.165, 1.54) is 0 Å². The average molecular weight is 395 g/mol. The lowest BCUT2D eigenvalue weighted by atomic mass is 9.97. The first-order valence-electron chi connectivity index (χ1n) is 9.96. The molecule has 29 heavy (non-hydrogen) atoms. The quantitative estimate of drug-likeness (QED) is 0.694. The van der Waals surface area contributed by atoms with Crippen LogP contribution in [0.1, 0.15) is 19.8 Å². The van der Waals surface area contributed by atoms with Gasteiger partial charge in [0.2, 0.25) is 0 Å². The Balaban J connectivity index is 1.32. The topological polar surface area (TPSA) is 92.2 Å². The number of H-pyrrole nitrogens is 1. The number of amides is 2. The van der Waals surface area contributed by atoms with Crippen molar-refractivity contribution in [2.75, 3.05) is 25.0 Å². The van der Waals surface area contributed by atoms with Gasteiger partial charge < -0.3 is 19.9 Å². The van der Waals surface area contributed by atoms with Crippen molar-refractivity contribution < 1.29 is 9.53 Å². The van der Waals surface area contributed by atoms with Crippen molar-refractivity contribution in [3.63, 3.8) is 0 Å². The average Bonchev–Trinajstić information content (AvgIpc) is 3.05. The number of likely N-dealkylation sites (tertiary alicyclic amines) is 1. The van der Waals surface area contributed by atoms with Crippen LogP contribution in [0.3, 0.4) is 0 Å². The van der Waals surface area contributed by atoms with E-state index in [4.69, 9.17) is 4.74 Å². The minimum absolute atomic E-state index is 0.0986. The van der Waals surface area contributed by atoms with E-state index in [1.54, 1.807) is 10.8 Å². The minimum Gasteiger partial charge on any atom is -0.494 e. The van der Waals surface area contributed by atoms with E-state index in [1.807, 2.05) is 48.2 Å². The van der Waals surface area contributed by atoms with Crippen LogP contribution in [0.5, 0.6) is 5.75 Å². The van der Waals surface area contributed by atoms with E-state index in [0.717, 1.165) is 29.8 Å². The van der Waals surface area contributed by atoms with E-state index < -0.39 is 0 Å². The molecule has 1 fully saturated rings. The normalized spacial score (nSPS) is 14.9. The van der Waals surface area contributed by atoms with E-state index in [-0.39, 0.29) is 11.7 Å². The molecule has 3 heterocycles. The maximum atomic E-state index is 12.5. The fraction of sp³-hybridized carbons (Fsp3) is 0.381. The summed E-state index contributed by atoms with van der Waals surface area (Å²) in [4.78, 5) is 33.8. The molecule has 2 amide bonds. The fourth-order valence-electron chi connectivity index (χ4n) is 3.74. The zero-order valence-corrected chi connectivity index (χ0v) is 16.4. The molecule has 0 saturated carbocycles. The molecule has 0 spiro atoms. The van der Waals surface area contributed by atoms with Crippen LogP contribution in [0.15, 0.2) is 47.4 Å². The number of carbonyl (C=O) groups is 1. The van der Waals surface area contributed by atoms with Gasteiger partial charge in [-0.2, -0.15) is 0 Å². The lowest BCUT2D eigenvalue weighted by Crippen LogP contribution is -2.42. The Morgan fingerprint density at radius 3 is 2.72 bits per heavy atom. The highest BCUT2D eigenvalue weighted by atomic mass is 16.5. The van der Waals surface area contributed by atoms with E-state index in [2.05, 4.69) is 15.3 Å². The number of hydrogen-bond donors (Lipinski definition) is 2. The Morgan fingerprint density at radius 1 is 1.24 bits per heavy atom. The van der Waals surface area contributed by atoms with Gasteiger partial charge >= 0.3 is 11.7 Å². The molecule has 8 heteroatoms. The van der Waals surface area contributed by atoms with Crippen molar-refractivity contribution in [3.05, 3.63) is 53.1 Å². The van der Waals surface area contributed by atoms with Gasteiger partial charge in [-0.15, -0.1) is 0 Å². The molecule has 0 bridgehead atoms. The molecule has 152 valence electrons. The number of carbonyl (C=O) groups excluding carboxylic acids is 1. The molecule has 4 rings (SSSR count). The maximum absolute atomic E-state index is 12.5. The first-order chi connectivity index (χ1) is 14.1. The van der Waals surface area contributed by atoms with Crippen LogP contribution in [0.4, 0.5) is 10.5 Å². The first kappa shape index (κ1) is 19.0. The van der Waals surface area contributed by atoms with Gasteiger partial charge in [0.15, 0.2) is 5.65 Å². The van der Waals surface area contributed by atoms with Crippen molar-refractivity contribution in [2.45, 2.75) is 26.3 Å². The summed E-state index contributed by atoms with van der Waals surface area (Å²) in [6.45, 7) is 4.49. The monoisotopic (exact) mass is 395 g/mol. The van der Waals surface area contributed by atoms with Crippen molar-refractivity contribution in [3.8, 4) is 5.75 Å². The molecule has 1 aliphatic heterocycles. The second-order valence-electron chi connectivity index (χ2n) is 7.23. The molecule has 1 aromatic carbocycles. The van der Waals surface area contributed by atoms with E-state index in [9.17, 15) is 9.59 Å². The molecule has 3 aromatic rings. The highest BCUT2D eigenvalue weighted by Crippen LogP contribution is 2.21. The van der Waals surface area contributed by atoms with Gasteiger partial charge in [-0.25, -0.2) is 14.6 Å². The summed E-state index contributed by atoms with van der Waals surface area (Å²) in [6.07, 6.45) is 3.39. The van der Waals surface area contributed by atoms with Crippen LogP contribution in [-0.4, -0.2) is 45.2 Å². The van der Waals surface area contributed by atoms with Crippen LogP contribution in [-0.2, 0) is 6.54 Å². The van der Waals surface area contributed by atoms with Gasteiger partial charge in [0, 0.05) is 31.5 Å². The summed E-state index contributed by atoms with van der Waals surface area (Å²) in [5, 5.41) is 2.94. The molecular formula is C21H25N5O3. The summed E-state index contributed by atoms with van der Waals surface area (Å²) >= 11 is 0. The summed E-state index contributed by atoms with van der Waals surface area (Å²) < 4.78 is 7.12. The Morgan fingerprint density at radius 2 is 2.00 bits per heavy atom. The van der Waals surface area contributed by atoms with Crippen molar-refractivity contribution >= 4 is 22.9 Å². The Hall–Kier alpha value is -3.29. The van der Waals surface area contributed by atoms with Gasteiger partial charge in [-0.1, -0.05) is 0 Å². The van der Waals surface area contributed by atoms with Crippen molar-refractivity contribution in [2.24, 2.45) is 5.92 Å². The molecule has 8 nitrogen and oxygen atoms in total. The smallest absolute Gasteiger partial charge is 0.327 e. The van der Waals surface area contributed by atoms with Gasteiger partial charge in [-0.3, -0.25) is 4.57 Å².